The molecule has 1 aromatic carbocycles. The molecule has 5 heteroatoms. The average molecular weight is 356 g/mol. The molecule has 0 spiro atoms. The number of aromatic nitrogens is 1. The van der Waals surface area contributed by atoms with Gasteiger partial charge in [-0.2, -0.15) is 0 Å². The lowest BCUT2D eigenvalue weighted by atomic mass is 9.66. The molecule has 3 aliphatic rings. The molecule has 0 amide bonds. The lowest BCUT2D eigenvalue weighted by Crippen LogP contribution is -2.41. The maximum absolute atomic E-state index is 13.3. The first-order valence-electron chi connectivity index (χ1n) is 9.09. The smallest absolute Gasteiger partial charge is 0.212 e. The third-order valence-electron chi connectivity index (χ3n) is 5.65. The second kappa shape index (κ2) is 5.91. The van der Waals surface area contributed by atoms with E-state index in [9.17, 15) is 14.4 Å². The Morgan fingerprint density at radius 1 is 0.852 bits per heavy atom. The summed E-state index contributed by atoms with van der Waals surface area (Å²) in [4.78, 5) is 47.8. The van der Waals surface area contributed by atoms with E-state index < -0.39 is 11.8 Å². The van der Waals surface area contributed by atoms with Crippen molar-refractivity contribution in [3.8, 4) is 0 Å². The zero-order valence-electron chi connectivity index (χ0n) is 14.5. The van der Waals surface area contributed by atoms with E-state index in [-0.39, 0.29) is 23.0 Å². The minimum atomic E-state index is -0.466. The molecule has 0 bridgehead atoms. The van der Waals surface area contributed by atoms with Gasteiger partial charge >= 0.3 is 0 Å². The Morgan fingerprint density at radius 2 is 1.67 bits per heavy atom. The summed E-state index contributed by atoms with van der Waals surface area (Å²) in [6, 6.07) is 11.1. The van der Waals surface area contributed by atoms with Crippen LogP contribution < -0.4 is 0 Å². The number of fused-ring (bicyclic) bond motifs is 2. The Morgan fingerprint density at radius 3 is 2.48 bits per heavy atom. The molecule has 1 aliphatic heterocycles. The van der Waals surface area contributed by atoms with Gasteiger partial charge in [-0.05, 0) is 24.5 Å². The molecule has 1 saturated carbocycles. The van der Waals surface area contributed by atoms with Gasteiger partial charge in [0.05, 0.1) is 11.5 Å². The molecule has 0 radical (unpaired) electrons. The minimum Gasteiger partial charge on any atom is -0.299 e. The molecule has 0 saturated heterocycles. The van der Waals surface area contributed by atoms with E-state index >= 15 is 0 Å². The average Bonchev–Trinajstić information content (AvgIpc) is 2.71. The van der Waals surface area contributed by atoms with Crippen LogP contribution in [0.15, 0.2) is 65.1 Å². The summed E-state index contributed by atoms with van der Waals surface area (Å²) in [6.45, 7) is 0. The molecule has 2 aliphatic carbocycles. The Labute approximate surface area is 155 Å². The van der Waals surface area contributed by atoms with Crippen molar-refractivity contribution in [2.24, 2.45) is 10.9 Å². The molecule has 1 fully saturated rings. The monoisotopic (exact) mass is 356 g/mol. The molecule has 2 atom stereocenters. The van der Waals surface area contributed by atoms with Crippen LogP contribution in [-0.4, -0.2) is 28.0 Å². The summed E-state index contributed by atoms with van der Waals surface area (Å²) in [7, 11) is 0. The quantitative estimate of drug-likeness (QED) is 0.785. The van der Waals surface area contributed by atoms with E-state index in [1.165, 1.54) is 12.4 Å². The molecule has 2 aromatic rings. The number of rotatable bonds is 1. The molecule has 0 N–H and O–H groups in total. The molecule has 5 nitrogen and oxygen atoms in total. The van der Waals surface area contributed by atoms with E-state index in [4.69, 9.17) is 0 Å². The second-order valence-electron chi connectivity index (χ2n) is 7.13. The highest BCUT2D eigenvalue weighted by Gasteiger charge is 2.47. The highest BCUT2D eigenvalue weighted by Crippen LogP contribution is 2.46. The van der Waals surface area contributed by atoms with Crippen LogP contribution in [-0.2, 0) is 4.79 Å². The van der Waals surface area contributed by atoms with Gasteiger partial charge in [-0.3, -0.25) is 24.4 Å². The van der Waals surface area contributed by atoms with Crippen LogP contribution in [0.1, 0.15) is 51.5 Å². The summed E-state index contributed by atoms with van der Waals surface area (Å²) >= 11 is 0. The van der Waals surface area contributed by atoms with Gasteiger partial charge < -0.3 is 0 Å². The predicted octanol–water partition coefficient (Wildman–Crippen LogP) is 3.32. The number of benzene rings is 1. The van der Waals surface area contributed by atoms with E-state index in [2.05, 4.69) is 9.98 Å². The van der Waals surface area contributed by atoms with Crippen molar-refractivity contribution in [1.29, 1.82) is 0 Å². The zero-order valence-corrected chi connectivity index (χ0v) is 14.5. The first-order valence-corrected chi connectivity index (χ1v) is 9.09. The van der Waals surface area contributed by atoms with E-state index in [0.717, 1.165) is 17.7 Å². The molecule has 1 aromatic heterocycles. The van der Waals surface area contributed by atoms with Crippen molar-refractivity contribution >= 4 is 23.1 Å². The van der Waals surface area contributed by atoms with E-state index in [0.29, 0.717) is 29.5 Å². The van der Waals surface area contributed by atoms with Gasteiger partial charge in [0.25, 0.3) is 0 Å². The topological polar surface area (TPSA) is 76.5 Å². The first-order chi connectivity index (χ1) is 13.2. The van der Waals surface area contributed by atoms with Crippen molar-refractivity contribution in [2.45, 2.75) is 25.2 Å². The van der Waals surface area contributed by atoms with E-state index in [1.54, 1.807) is 6.07 Å². The Bertz CT molecular complexity index is 1070. The summed E-state index contributed by atoms with van der Waals surface area (Å²) in [5.74, 6) is -1.34. The number of aliphatic imine (C=N–C) groups is 1. The number of hydrogen-bond acceptors (Lipinski definition) is 5. The Hall–Kier alpha value is -3.21. The standard InChI is InChI=1S/C22H16N2O3/c25-16-8-4-7-15-18(16)17(12-5-2-1-3-6-12)19-20(24-15)22(27)13-9-10-23-11-14(13)21(19)26/h1-3,5-6,9-11,17-18H,4,7-8H2. The van der Waals surface area contributed by atoms with Crippen LogP contribution >= 0.6 is 0 Å². The zero-order chi connectivity index (χ0) is 18.5. The first kappa shape index (κ1) is 16.0. The highest BCUT2D eigenvalue weighted by atomic mass is 16.1. The molecule has 5 rings (SSSR count). The minimum absolute atomic E-state index is 0.0950. The molecule has 2 heterocycles. The maximum atomic E-state index is 13.3. The fraction of sp³-hybridized carbons (Fsp3) is 0.227. The summed E-state index contributed by atoms with van der Waals surface area (Å²) in [5.41, 5.74) is 2.78. The van der Waals surface area contributed by atoms with Gasteiger partial charge in [-0.1, -0.05) is 30.3 Å². The molecular weight excluding hydrogens is 340 g/mol. The largest absolute Gasteiger partial charge is 0.299 e. The lowest BCUT2D eigenvalue weighted by Gasteiger charge is -2.37. The Kier molecular flexibility index (Phi) is 3.50. The van der Waals surface area contributed by atoms with Crippen molar-refractivity contribution in [1.82, 2.24) is 4.98 Å². The molecule has 132 valence electrons. The van der Waals surface area contributed by atoms with Crippen LogP contribution in [0, 0.1) is 5.92 Å². The van der Waals surface area contributed by atoms with Gasteiger partial charge in [0, 0.05) is 41.6 Å². The van der Waals surface area contributed by atoms with Crippen molar-refractivity contribution in [3.63, 3.8) is 0 Å². The molecule has 27 heavy (non-hydrogen) atoms. The number of ketones is 3. The van der Waals surface area contributed by atoms with Crippen molar-refractivity contribution in [3.05, 3.63) is 76.8 Å². The molecular formula is C22H16N2O3. The molecule has 2 unspecified atom stereocenters. The number of allylic oxidation sites excluding steroid dienone is 2. The number of carbonyl (C=O) groups excluding carboxylic acids is 3. The van der Waals surface area contributed by atoms with Gasteiger partial charge in [0.2, 0.25) is 5.78 Å². The fourth-order valence-corrected chi connectivity index (χ4v) is 4.45. The highest BCUT2D eigenvalue weighted by molar-refractivity contribution is 6.29. The maximum Gasteiger partial charge on any atom is 0.212 e. The van der Waals surface area contributed by atoms with Crippen molar-refractivity contribution in [2.75, 3.05) is 0 Å². The van der Waals surface area contributed by atoms with Crippen LogP contribution in [0.3, 0.4) is 0 Å². The van der Waals surface area contributed by atoms with E-state index in [1.807, 2.05) is 30.3 Å². The summed E-state index contributed by atoms with van der Waals surface area (Å²) in [6.07, 6.45) is 4.84. The summed E-state index contributed by atoms with van der Waals surface area (Å²) < 4.78 is 0. The van der Waals surface area contributed by atoms with Gasteiger partial charge in [0.15, 0.2) is 5.78 Å². The van der Waals surface area contributed by atoms with Gasteiger partial charge in [0.1, 0.15) is 11.5 Å². The number of nitrogens with zero attached hydrogens (tertiary/aromatic N) is 2. The third kappa shape index (κ3) is 2.28. The number of hydrogen-bond donors (Lipinski definition) is 0. The fourth-order valence-electron chi connectivity index (χ4n) is 4.45. The predicted molar refractivity (Wildman–Crippen MR) is 98.9 cm³/mol. The Balaban J connectivity index is 1.78. The van der Waals surface area contributed by atoms with Crippen LogP contribution in [0.4, 0.5) is 0 Å². The summed E-state index contributed by atoms with van der Waals surface area (Å²) in [5, 5.41) is 0. The second-order valence-corrected chi connectivity index (χ2v) is 7.13. The normalized spacial score (nSPS) is 24.1. The SMILES string of the molecule is O=C1C2=C(C(=O)c3cnccc31)C(c1ccccc1)C1C(=O)CCCC1=N2. The van der Waals surface area contributed by atoms with Gasteiger partial charge in [-0.25, -0.2) is 0 Å². The van der Waals surface area contributed by atoms with Crippen molar-refractivity contribution < 1.29 is 14.4 Å². The van der Waals surface area contributed by atoms with Crippen LogP contribution in [0.25, 0.3) is 0 Å². The van der Waals surface area contributed by atoms with Crippen LogP contribution in [0.5, 0.6) is 0 Å². The number of pyridine rings is 1. The van der Waals surface area contributed by atoms with Crippen LogP contribution in [0.2, 0.25) is 0 Å². The number of carbonyl (C=O) groups is 3. The lowest BCUT2D eigenvalue weighted by molar-refractivity contribution is -0.121. The van der Waals surface area contributed by atoms with Gasteiger partial charge in [-0.15, -0.1) is 0 Å². The number of Topliss-reactive ketones (excluding diaryl/α,β-unsaturated/α-hetero) is 3. The third-order valence-corrected chi connectivity index (χ3v) is 5.65.